The van der Waals surface area contributed by atoms with E-state index in [4.69, 9.17) is 5.73 Å². The Hall–Kier alpha value is -1.09. The van der Waals surface area contributed by atoms with Crippen molar-refractivity contribution in [2.75, 3.05) is 12.4 Å². The van der Waals surface area contributed by atoms with Crippen LogP contribution in [0.15, 0.2) is 18.5 Å². The van der Waals surface area contributed by atoms with Crippen LogP contribution in [-0.4, -0.2) is 18.1 Å². The maximum absolute atomic E-state index is 6.33. The van der Waals surface area contributed by atoms with E-state index in [2.05, 4.69) is 30.2 Å². The van der Waals surface area contributed by atoms with Gasteiger partial charge in [0.1, 0.15) is 0 Å². The molecular formula is C15H25N3. The highest BCUT2D eigenvalue weighted by molar-refractivity contribution is 5.50. The summed E-state index contributed by atoms with van der Waals surface area (Å²) in [4.78, 5) is 4.19. The van der Waals surface area contributed by atoms with Crippen molar-refractivity contribution < 1.29 is 0 Å². The molecule has 18 heavy (non-hydrogen) atoms. The molecule has 0 radical (unpaired) electrons. The Morgan fingerprint density at radius 3 is 2.89 bits per heavy atom. The smallest absolute Gasteiger partial charge is 0.0559 e. The topological polar surface area (TPSA) is 50.9 Å². The van der Waals surface area contributed by atoms with Crippen LogP contribution in [0.5, 0.6) is 0 Å². The maximum atomic E-state index is 6.33. The molecule has 1 aromatic heterocycles. The largest absolute Gasteiger partial charge is 0.387 e. The maximum Gasteiger partial charge on any atom is 0.0559 e. The first-order valence-corrected chi connectivity index (χ1v) is 7.04. The zero-order valence-corrected chi connectivity index (χ0v) is 11.7. The summed E-state index contributed by atoms with van der Waals surface area (Å²) < 4.78 is 0. The lowest BCUT2D eigenvalue weighted by Crippen LogP contribution is -2.39. The first-order chi connectivity index (χ1) is 8.67. The van der Waals surface area contributed by atoms with E-state index in [9.17, 15) is 0 Å². The van der Waals surface area contributed by atoms with Crippen LogP contribution in [0.25, 0.3) is 0 Å². The number of rotatable bonds is 3. The van der Waals surface area contributed by atoms with Crippen molar-refractivity contribution in [1.29, 1.82) is 0 Å². The summed E-state index contributed by atoms with van der Waals surface area (Å²) in [6, 6.07) is 2.47. The van der Waals surface area contributed by atoms with Crippen molar-refractivity contribution in [3.05, 3.63) is 24.0 Å². The number of nitrogens with zero attached hydrogens (tertiary/aromatic N) is 1. The number of nitrogens with two attached hydrogens (primary N) is 1. The first kappa shape index (κ1) is 13.3. The molecule has 0 spiro atoms. The number of hydrogen-bond donors (Lipinski definition) is 2. The zero-order chi connectivity index (χ0) is 13.1. The van der Waals surface area contributed by atoms with Gasteiger partial charge in [-0.15, -0.1) is 0 Å². The number of anilines is 1. The monoisotopic (exact) mass is 247 g/mol. The van der Waals surface area contributed by atoms with Gasteiger partial charge in [0.15, 0.2) is 0 Å². The van der Waals surface area contributed by atoms with Gasteiger partial charge in [0, 0.05) is 19.3 Å². The molecular weight excluding hydrogens is 222 g/mol. The molecule has 100 valence electrons. The van der Waals surface area contributed by atoms with Crippen LogP contribution >= 0.6 is 0 Å². The summed E-state index contributed by atoms with van der Waals surface area (Å²) in [5, 5.41) is 3.25. The van der Waals surface area contributed by atoms with E-state index in [1.165, 1.54) is 18.4 Å². The summed E-state index contributed by atoms with van der Waals surface area (Å²) in [5.74, 6) is 1.97. The van der Waals surface area contributed by atoms with E-state index in [0.717, 1.165) is 18.0 Å². The molecule has 0 bridgehead atoms. The van der Waals surface area contributed by atoms with Crippen molar-refractivity contribution in [2.45, 2.75) is 45.1 Å². The van der Waals surface area contributed by atoms with E-state index in [1.807, 2.05) is 19.4 Å². The Balaban J connectivity index is 2.23. The second-order valence-electron chi connectivity index (χ2n) is 5.57. The molecule has 1 heterocycles. The van der Waals surface area contributed by atoms with Gasteiger partial charge in [-0.3, -0.25) is 4.98 Å². The number of pyridine rings is 1. The minimum Gasteiger partial charge on any atom is -0.387 e. The van der Waals surface area contributed by atoms with Crippen molar-refractivity contribution in [1.82, 2.24) is 4.98 Å². The third-order valence-electron chi connectivity index (χ3n) is 4.65. The molecule has 1 aromatic rings. The van der Waals surface area contributed by atoms with Crippen molar-refractivity contribution in [3.63, 3.8) is 0 Å². The Morgan fingerprint density at radius 2 is 2.22 bits per heavy atom. The molecule has 3 nitrogen and oxygen atoms in total. The molecule has 0 aliphatic heterocycles. The molecule has 0 aromatic carbocycles. The van der Waals surface area contributed by atoms with Gasteiger partial charge in [-0.2, -0.15) is 0 Å². The number of nitrogens with one attached hydrogen (secondary N) is 1. The highest BCUT2D eigenvalue weighted by atomic mass is 14.8. The van der Waals surface area contributed by atoms with Crippen LogP contribution < -0.4 is 11.1 Å². The van der Waals surface area contributed by atoms with Crippen molar-refractivity contribution >= 4 is 5.69 Å². The molecule has 1 saturated carbocycles. The van der Waals surface area contributed by atoms with Gasteiger partial charge in [0.25, 0.3) is 0 Å². The van der Waals surface area contributed by atoms with Crippen LogP contribution in [0.2, 0.25) is 0 Å². The third kappa shape index (κ3) is 2.51. The van der Waals surface area contributed by atoms with Crippen LogP contribution in [0.3, 0.4) is 0 Å². The molecule has 4 atom stereocenters. The van der Waals surface area contributed by atoms with Crippen molar-refractivity contribution in [3.8, 4) is 0 Å². The fourth-order valence-electron chi connectivity index (χ4n) is 3.33. The highest BCUT2D eigenvalue weighted by Gasteiger charge is 2.33. The van der Waals surface area contributed by atoms with Gasteiger partial charge >= 0.3 is 0 Å². The molecule has 4 unspecified atom stereocenters. The van der Waals surface area contributed by atoms with Gasteiger partial charge in [-0.05, 0) is 42.2 Å². The fraction of sp³-hybridized carbons (Fsp3) is 0.667. The van der Waals surface area contributed by atoms with E-state index in [-0.39, 0.29) is 0 Å². The third-order valence-corrected chi connectivity index (χ3v) is 4.65. The lowest BCUT2D eigenvalue weighted by atomic mass is 9.69. The Labute approximate surface area is 110 Å². The summed E-state index contributed by atoms with van der Waals surface area (Å²) in [6.07, 6.45) is 7.38. The zero-order valence-electron chi connectivity index (χ0n) is 11.7. The van der Waals surface area contributed by atoms with Crippen LogP contribution in [0.1, 0.15) is 44.6 Å². The van der Waals surface area contributed by atoms with Gasteiger partial charge in [-0.1, -0.05) is 20.3 Å². The van der Waals surface area contributed by atoms with Gasteiger partial charge in [0.05, 0.1) is 11.9 Å². The van der Waals surface area contributed by atoms with Gasteiger partial charge in [-0.25, -0.2) is 0 Å². The number of hydrogen-bond acceptors (Lipinski definition) is 3. The van der Waals surface area contributed by atoms with E-state index >= 15 is 0 Å². The summed E-state index contributed by atoms with van der Waals surface area (Å²) in [5.41, 5.74) is 8.86. The Morgan fingerprint density at radius 1 is 1.44 bits per heavy atom. The summed E-state index contributed by atoms with van der Waals surface area (Å²) >= 11 is 0. The number of aromatic nitrogens is 1. The average molecular weight is 247 g/mol. The second kappa shape index (κ2) is 5.70. The standard InChI is InChI=1S/C15H25N3/c1-4-11-7-12(8-14(16)10(11)2)13-5-6-18-9-15(13)17-3/h5-6,9-12,14,17H,4,7-8,16H2,1-3H3. The molecule has 0 amide bonds. The summed E-state index contributed by atoms with van der Waals surface area (Å²) in [6.45, 7) is 4.59. The van der Waals surface area contributed by atoms with Gasteiger partial charge < -0.3 is 11.1 Å². The SMILES string of the molecule is CCC1CC(c2ccncc2NC)CC(N)C1C. The normalized spacial score (nSPS) is 32.2. The van der Waals surface area contributed by atoms with E-state index < -0.39 is 0 Å². The molecule has 3 N–H and O–H groups in total. The minimum absolute atomic E-state index is 0.326. The average Bonchev–Trinajstić information content (AvgIpc) is 2.41. The van der Waals surface area contributed by atoms with Crippen molar-refractivity contribution in [2.24, 2.45) is 17.6 Å². The van der Waals surface area contributed by atoms with Crippen LogP contribution in [0, 0.1) is 11.8 Å². The fourth-order valence-corrected chi connectivity index (χ4v) is 3.33. The highest BCUT2D eigenvalue weighted by Crippen LogP contribution is 2.42. The molecule has 3 heteroatoms. The lowest BCUT2D eigenvalue weighted by molar-refractivity contribution is 0.195. The molecule has 1 aliphatic carbocycles. The quantitative estimate of drug-likeness (QED) is 0.863. The summed E-state index contributed by atoms with van der Waals surface area (Å²) in [7, 11) is 1.96. The van der Waals surface area contributed by atoms with Crippen LogP contribution in [0.4, 0.5) is 5.69 Å². The predicted molar refractivity (Wildman–Crippen MR) is 76.7 cm³/mol. The molecule has 1 aliphatic rings. The molecule has 0 saturated heterocycles. The van der Waals surface area contributed by atoms with Gasteiger partial charge in [0.2, 0.25) is 0 Å². The van der Waals surface area contributed by atoms with Crippen LogP contribution in [-0.2, 0) is 0 Å². The molecule has 2 rings (SSSR count). The van der Waals surface area contributed by atoms with E-state index in [0.29, 0.717) is 17.9 Å². The first-order valence-electron chi connectivity index (χ1n) is 7.04. The lowest BCUT2D eigenvalue weighted by Gasteiger charge is -2.39. The predicted octanol–water partition coefficient (Wildman–Crippen LogP) is 2.99. The Bertz CT molecular complexity index is 391. The Kier molecular flexibility index (Phi) is 4.23. The minimum atomic E-state index is 0.326. The second-order valence-corrected chi connectivity index (χ2v) is 5.57. The van der Waals surface area contributed by atoms with E-state index in [1.54, 1.807) is 0 Å². The molecule has 1 fully saturated rings.